The molecular weight excluding hydrogens is 324 g/mol. The van der Waals surface area contributed by atoms with Crippen LogP contribution in [0, 0.1) is 13.8 Å². The van der Waals surface area contributed by atoms with Gasteiger partial charge >= 0.3 is 0 Å². The van der Waals surface area contributed by atoms with Crippen LogP contribution in [0.1, 0.15) is 70.4 Å². The van der Waals surface area contributed by atoms with E-state index in [-0.39, 0.29) is 9.93 Å². The second-order valence-electron chi connectivity index (χ2n) is 7.54. The highest BCUT2D eigenvalue weighted by atomic mass is 32.2. The largest absolute Gasteiger partial charge is 0.294 e. The summed E-state index contributed by atoms with van der Waals surface area (Å²) in [6.07, 6.45) is 7.41. The predicted octanol–water partition coefficient (Wildman–Crippen LogP) is 3.90. The number of aryl methyl sites for hydroxylation is 2. The third kappa shape index (κ3) is 6.77. The second kappa shape index (κ2) is 8.45. The van der Waals surface area contributed by atoms with Gasteiger partial charge in [0.25, 0.3) is 10.1 Å². The summed E-state index contributed by atoms with van der Waals surface area (Å²) in [4.78, 5) is 0.140. The number of hydrogen-bond acceptors (Lipinski definition) is 2. The van der Waals surface area contributed by atoms with Gasteiger partial charge in [-0.2, -0.15) is 8.42 Å². The molecule has 1 aromatic carbocycles. The molecule has 0 amide bonds. The van der Waals surface area contributed by atoms with Crippen molar-refractivity contribution in [2.75, 3.05) is 0 Å². The number of hydrogen-bond donors (Lipinski definition) is 1. The molecule has 0 spiro atoms. The molecule has 0 aliphatic heterocycles. The molecule has 0 unspecified atom stereocenters. The van der Waals surface area contributed by atoms with E-state index in [9.17, 15) is 13.0 Å². The van der Waals surface area contributed by atoms with Gasteiger partial charge in [-0.05, 0) is 35.7 Å². The molecule has 5 heteroatoms. The monoisotopic (exact) mass is 356 g/mol. The lowest BCUT2D eigenvalue weighted by molar-refractivity contribution is 0.483. The highest BCUT2D eigenvalue weighted by Crippen LogP contribution is 2.31. The van der Waals surface area contributed by atoms with E-state index in [0.29, 0.717) is 0 Å². The maximum Gasteiger partial charge on any atom is 0.294 e. The molecule has 0 aliphatic carbocycles. The van der Waals surface area contributed by atoms with Crippen LogP contribution in [0.2, 0.25) is 5.04 Å². The van der Waals surface area contributed by atoms with Gasteiger partial charge in [0.1, 0.15) is 0 Å². The highest BCUT2D eigenvalue weighted by Gasteiger charge is 2.25. The summed E-state index contributed by atoms with van der Waals surface area (Å²) in [6.45, 7) is 10.5. The number of rotatable bonds is 9. The van der Waals surface area contributed by atoms with Crippen molar-refractivity contribution in [1.82, 2.24) is 0 Å². The fourth-order valence-corrected chi connectivity index (χ4v) is 6.80. The Balaban J connectivity index is 2.90. The summed E-state index contributed by atoms with van der Waals surface area (Å²) in [7, 11) is -4.96. The van der Waals surface area contributed by atoms with Crippen LogP contribution in [-0.4, -0.2) is 22.5 Å². The average molecular weight is 357 g/mol. The fourth-order valence-electron chi connectivity index (χ4n) is 3.19. The van der Waals surface area contributed by atoms with Crippen molar-refractivity contribution in [1.29, 1.82) is 0 Å². The van der Waals surface area contributed by atoms with Crippen molar-refractivity contribution in [2.45, 2.75) is 83.1 Å². The molecule has 0 atom stereocenters. The zero-order chi connectivity index (χ0) is 17.7. The van der Waals surface area contributed by atoms with Crippen molar-refractivity contribution in [2.24, 2.45) is 0 Å². The van der Waals surface area contributed by atoms with Crippen LogP contribution in [0.25, 0.3) is 0 Å². The number of unbranched alkanes of at least 4 members (excludes halogenated alkanes) is 4. The van der Waals surface area contributed by atoms with Gasteiger partial charge < -0.3 is 0 Å². The standard InChI is InChI=1S/C18H32O3SSi/c1-6-7-8-9-10-11-18(4,5)23-17-15(3)12-14(2)13-16(17)22(19,20)21/h12-13H,6-11,23H2,1-5H3,(H,19,20,21). The van der Waals surface area contributed by atoms with E-state index in [4.69, 9.17) is 0 Å². The van der Waals surface area contributed by atoms with Gasteiger partial charge in [0.05, 0.1) is 14.4 Å². The summed E-state index contributed by atoms with van der Waals surface area (Å²) < 4.78 is 33.1. The van der Waals surface area contributed by atoms with Crippen LogP contribution in [0.3, 0.4) is 0 Å². The van der Waals surface area contributed by atoms with Crippen molar-refractivity contribution < 1.29 is 13.0 Å². The lowest BCUT2D eigenvalue weighted by Gasteiger charge is -2.26. The molecule has 1 N–H and O–H groups in total. The summed E-state index contributed by atoms with van der Waals surface area (Å²) in [5.74, 6) is 0. The topological polar surface area (TPSA) is 54.4 Å². The molecule has 3 nitrogen and oxygen atoms in total. The maximum atomic E-state index is 11.8. The Morgan fingerprint density at radius 2 is 1.70 bits per heavy atom. The van der Waals surface area contributed by atoms with Crippen LogP contribution in [0.15, 0.2) is 17.0 Å². The SMILES string of the molecule is CCCCCCCC(C)(C)[SiH2]c1c(C)cc(C)cc1S(=O)(=O)O. The molecule has 0 aliphatic rings. The van der Waals surface area contributed by atoms with Crippen molar-refractivity contribution in [3.8, 4) is 0 Å². The van der Waals surface area contributed by atoms with Crippen molar-refractivity contribution in [3.63, 3.8) is 0 Å². The van der Waals surface area contributed by atoms with E-state index in [1.54, 1.807) is 6.07 Å². The van der Waals surface area contributed by atoms with Gasteiger partial charge in [-0.25, -0.2) is 0 Å². The van der Waals surface area contributed by atoms with Crippen molar-refractivity contribution in [3.05, 3.63) is 23.3 Å². The minimum absolute atomic E-state index is 0.140. The molecule has 0 saturated carbocycles. The first-order chi connectivity index (χ1) is 10.6. The molecule has 0 radical (unpaired) electrons. The van der Waals surface area contributed by atoms with Gasteiger partial charge in [-0.3, -0.25) is 4.55 Å². The van der Waals surface area contributed by atoms with Crippen LogP contribution in [0.4, 0.5) is 0 Å². The zero-order valence-corrected chi connectivity index (χ0v) is 17.5. The van der Waals surface area contributed by atoms with E-state index < -0.39 is 19.6 Å². The van der Waals surface area contributed by atoms with E-state index in [1.807, 2.05) is 19.9 Å². The first kappa shape index (κ1) is 20.4. The van der Waals surface area contributed by atoms with E-state index >= 15 is 0 Å². The molecule has 0 bridgehead atoms. The third-order valence-corrected chi connectivity index (χ3v) is 8.25. The molecule has 1 rings (SSSR count). The Morgan fingerprint density at radius 3 is 2.26 bits per heavy atom. The van der Waals surface area contributed by atoms with Crippen molar-refractivity contribution >= 4 is 24.8 Å². The van der Waals surface area contributed by atoms with Gasteiger partial charge in [-0.15, -0.1) is 0 Å². The number of benzene rings is 1. The predicted molar refractivity (Wildman–Crippen MR) is 101 cm³/mol. The Kier molecular flexibility index (Phi) is 7.49. The Bertz CT molecular complexity index is 621. The third-order valence-electron chi connectivity index (χ3n) is 4.47. The summed E-state index contributed by atoms with van der Waals surface area (Å²) in [6, 6.07) is 3.64. The maximum absolute atomic E-state index is 11.8. The fraction of sp³-hybridized carbons (Fsp3) is 0.667. The smallest absolute Gasteiger partial charge is 0.282 e. The molecule has 0 fully saturated rings. The van der Waals surface area contributed by atoms with E-state index in [0.717, 1.165) is 22.7 Å². The summed E-state index contributed by atoms with van der Waals surface area (Å²) >= 11 is 0. The molecule has 1 aromatic rings. The summed E-state index contributed by atoms with van der Waals surface area (Å²) in [5, 5.41) is 1.06. The molecule has 23 heavy (non-hydrogen) atoms. The van der Waals surface area contributed by atoms with Crippen LogP contribution in [-0.2, 0) is 10.1 Å². The normalized spacial score (nSPS) is 13.1. The first-order valence-electron chi connectivity index (χ1n) is 8.64. The van der Waals surface area contributed by atoms with E-state index in [1.165, 1.54) is 32.1 Å². The van der Waals surface area contributed by atoms with Crippen LogP contribution in [0.5, 0.6) is 0 Å². The first-order valence-corrected chi connectivity index (χ1v) is 11.5. The lowest BCUT2D eigenvalue weighted by Crippen LogP contribution is -2.32. The Labute approximate surface area is 144 Å². The molecule has 0 aromatic heterocycles. The minimum atomic E-state index is -4.15. The van der Waals surface area contributed by atoms with Gasteiger partial charge in [0, 0.05) is 0 Å². The Morgan fingerprint density at radius 1 is 1.09 bits per heavy atom. The minimum Gasteiger partial charge on any atom is -0.282 e. The molecule has 0 saturated heterocycles. The van der Waals surface area contributed by atoms with Crippen LogP contribution >= 0.6 is 0 Å². The summed E-state index contributed by atoms with van der Waals surface area (Å²) in [5.41, 5.74) is 1.88. The zero-order valence-electron chi connectivity index (χ0n) is 15.3. The Hall–Kier alpha value is -0.653. The molecule has 0 heterocycles. The van der Waals surface area contributed by atoms with E-state index in [2.05, 4.69) is 20.8 Å². The van der Waals surface area contributed by atoms with Gasteiger partial charge in [0.15, 0.2) is 0 Å². The lowest BCUT2D eigenvalue weighted by atomic mass is 10.0. The van der Waals surface area contributed by atoms with Gasteiger partial charge in [0.2, 0.25) is 0 Å². The molecule has 132 valence electrons. The molecular formula is C18H32O3SSi. The highest BCUT2D eigenvalue weighted by molar-refractivity contribution is 7.86. The van der Waals surface area contributed by atoms with Gasteiger partial charge in [-0.1, -0.05) is 70.9 Å². The van der Waals surface area contributed by atoms with Crippen LogP contribution < -0.4 is 5.19 Å². The second-order valence-corrected chi connectivity index (χ2v) is 11.9. The quantitative estimate of drug-likeness (QED) is 0.415. The average Bonchev–Trinajstić information content (AvgIpc) is 2.40.